The number of nitrogens with zero attached hydrogens (tertiary/aromatic N) is 1. The molecule has 0 bridgehead atoms. The molecule has 2 N–H and O–H groups in total. The van der Waals surface area contributed by atoms with Crippen LogP contribution in [0.1, 0.15) is 27.6 Å². The molecular weight excluding hydrogens is 288 g/mol. The van der Waals surface area contributed by atoms with Gasteiger partial charge in [-0.15, -0.1) is 0 Å². The van der Waals surface area contributed by atoms with Crippen LogP contribution < -0.4 is 5.32 Å². The fourth-order valence-electron chi connectivity index (χ4n) is 1.88. The van der Waals surface area contributed by atoms with Gasteiger partial charge in [-0.25, -0.2) is 0 Å². The zero-order valence-electron chi connectivity index (χ0n) is 11.1. The van der Waals surface area contributed by atoms with Crippen LogP contribution in [-0.2, 0) is 0 Å². The quantitative estimate of drug-likeness (QED) is 0.911. The average molecular weight is 301 g/mol. The van der Waals surface area contributed by atoms with E-state index in [1.165, 1.54) is 6.07 Å². The predicted octanol–water partition coefficient (Wildman–Crippen LogP) is 2.68. The van der Waals surface area contributed by atoms with Gasteiger partial charge in [0.25, 0.3) is 5.91 Å². The molecule has 0 saturated carbocycles. The van der Waals surface area contributed by atoms with Crippen molar-refractivity contribution in [3.05, 3.63) is 70.2 Å². The third-order valence-corrected chi connectivity index (χ3v) is 3.32. The first-order valence-corrected chi connectivity index (χ1v) is 6.70. The highest BCUT2D eigenvalue weighted by Crippen LogP contribution is 2.21. The molecular formula is C16H13ClN2O2. The summed E-state index contributed by atoms with van der Waals surface area (Å²) in [7, 11) is 0. The Morgan fingerprint density at radius 2 is 2.05 bits per heavy atom. The monoisotopic (exact) mass is 300 g/mol. The summed E-state index contributed by atoms with van der Waals surface area (Å²) in [5.74, 6) is -0.349. The lowest BCUT2D eigenvalue weighted by Crippen LogP contribution is -2.28. The van der Waals surface area contributed by atoms with E-state index in [0.29, 0.717) is 21.7 Å². The Morgan fingerprint density at radius 1 is 1.29 bits per heavy atom. The molecule has 5 heteroatoms. The summed E-state index contributed by atoms with van der Waals surface area (Å²) in [4.78, 5) is 12.0. The second-order valence-corrected chi connectivity index (χ2v) is 4.85. The summed E-state index contributed by atoms with van der Waals surface area (Å²) < 4.78 is 0. The van der Waals surface area contributed by atoms with E-state index < -0.39 is 6.10 Å². The number of aliphatic hydroxyl groups is 1. The maximum absolute atomic E-state index is 12.0. The third-order valence-electron chi connectivity index (χ3n) is 2.97. The number of nitrogens with one attached hydrogen (secondary N) is 1. The predicted molar refractivity (Wildman–Crippen MR) is 79.9 cm³/mol. The maximum Gasteiger partial charge on any atom is 0.251 e. The number of nitriles is 1. The highest BCUT2D eigenvalue weighted by atomic mass is 35.5. The normalized spacial score (nSPS) is 11.5. The van der Waals surface area contributed by atoms with Crippen LogP contribution in [0, 0.1) is 11.3 Å². The summed E-state index contributed by atoms with van der Waals surface area (Å²) in [6.45, 7) is 0.0410. The minimum absolute atomic E-state index is 0.0410. The molecule has 0 spiro atoms. The van der Waals surface area contributed by atoms with Gasteiger partial charge in [0.05, 0.1) is 17.7 Å². The highest BCUT2D eigenvalue weighted by molar-refractivity contribution is 6.31. The van der Waals surface area contributed by atoms with Crippen LogP contribution in [0.2, 0.25) is 5.02 Å². The first-order chi connectivity index (χ1) is 10.1. The molecule has 4 nitrogen and oxygen atoms in total. The van der Waals surface area contributed by atoms with E-state index >= 15 is 0 Å². The molecule has 1 amide bonds. The molecule has 0 aliphatic carbocycles. The number of rotatable bonds is 4. The molecule has 0 aromatic heterocycles. The van der Waals surface area contributed by atoms with Gasteiger partial charge in [0, 0.05) is 22.7 Å². The van der Waals surface area contributed by atoms with Crippen LogP contribution in [0.4, 0.5) is 0 Å². The largest absolute Gasteiger partial charge is 0.387 e. The van der Waals surface area contributed by atoms with E-state index in [2.05, 4.69) is 5.32 Å². The number of halogens is 1. The van der Waals surface area contributed by atoms with Gasteiger partial charge in [-0.05, 0) is 24.3 Å². The Hall–Kier alpha value is -2.35. The standard InChI is InChI=1S/C16H13ClN2O2/c17-14-7-2-1-6-13(14)15(20)10-19-16(21)12-5-3-4-11(8-12)9-18/h1-8,15,20H,10H2,(H,19,21)/t15-/m0/s1. The SMILES string of the molecule is N#Cc1cccc(C(=O)NC[C@H](O)c2ccccc2Cl)c1. The fourth-order valence-corrected chi connectivity index (χ4v) is 2.14. The maximum atomic E-state index is 12.0. The van der Waals surface area contributed by atoms with E-state index in [0.717, 1.165) is 0 Å². The molecule has 0 aliphatic rings. The molecule has 0 radical (unpaired) electrons. The smallest absolute Gasteiger partial charge is 0.251 e. The van der Waals surface area contributed by atoms with Crippen molar-refractivity contribution in [1.82, 2.24) is 5.32 Å². The second-order valence-electron chi connectivity index (χ2n) is 4.44. The number of carbonyl (C=O) groups excluding carboxylic acids is 1. The van der Waals surface area contributed by atoms with E-state index in [1.54, 1.807) is 42.5 Å². The van der Waals surface area contributed by atoms with Gasteiger partial charge in [0.15, 0.2) is 0 Å². The van der Waals surface area contributed by atoms with Crippen LogP contribution >= 0.6 is 11.6 Å². The van der Waals surface area contributed by atoms with Crippen molar-refractivity contribution in [2.75, 3.05) is 6.54 Å². The van der Waals surface area contributed by atoms with Gasteiger partial charge in [-0.3, -0.25) is 4.79 Å². The van der Waals surface area contributed by atoms with Gasteiger partial charge >= 0.3 is 0 Å². The van der Waals surface area contributed by atoms with Crippen LogP contribution in [0.5, 0.6) is 0 Å². The van der Waals surface area contributed by atoms with Gasteiger partial charge in [0.1, 0.15) is 0 Å². The van der Waals surface area contributed by atoms with Crippen molar-refractivity contribution in [2.24, 2.45) is 0 Å². The topological polar surface area (TPSA) is 73.1 Å². The van der Waals surface area contributed by atoms with Crippen LogP contribution in [0.15, 0.2) is 48.5 Å². The number of benzene rings is 2. The van der Waals surface area contributed by atoms with Gasteiger partial charge < -0.3 is 10.4 Å². The van der Waals surface area contributed by atoms with E-state index in [-0.39, 0.29) is 12.5 Å². The number of carbonyl (C=O) groups is 1. The van der Waals surface area contributed by atoms with Crippen LogP contribution in [0.25, 0.3) is 0 Å². The molecule has 0 unspecified atom stereocenters. The van der Waals surface area contributed by atoms with Crippen molar-refractivity contribution in [1.29, 1.82) is 5.26 Å². The van der Waals surface area contributed by atoms with Gasteiger partial charge in [-0.1, -0.05) is 35.9 Å². The lowest BCUT2D eigenvalue weighted by atomic mass is 10.1. The summed E-state index contributed by atoms with van der Waals surface area (Å²) in [6.07, 6.45) is -0.887. The minimum Gasteiger partial charge on any atom is -0.387 e. The molecule has 0 saturated heterocycles. The molecule has 2 aromatic rings. The van der Waals surface area contributed by atoms with Gasteiger partial charge in [-0.2, -0.15) is 5.26 Å². The van der Waals surface area contributed by atoms with Gasteiger partial charge in [0.2, 0.25) is 0 Å². The second kappa shape index (κ2) is 6.89. The lowest BCUT2D eigenvalue weighted by molar-refractivity contribution is 0.0916. The van der Waals surface area contributed by atoms with Crippen molar-refractivity contribution < 1.29 is 9.90 Å². The summed E-state index contributed by atoms with van der Waals surface area (Å²) in [5, 5.41) is 21.9. The molecule has 21 heavy (non-hydrogen) atoms. The van der Waals surface area contributed by atoms with Crippen LogP contribution in [0.3, 0.4) is 0 Å². The highest BCUT2D eigenvalue weighted by Gasteiger charge is 2.13. The van der Waals surface area contributed by atoms with E-state index in [9.17, 15) is 9.90 Å². The molecule has 106 valence electrons. The Morgan fingerprint density at radius 3 is 2.76 bits per heavy atom. The average Bonchev–Trinajstić information content (AvgIpc) is 2.52. The first-order valence-electron chi connectivity index (χ1n) is 6.32. The van der Waals surface area contributed by atoms with Crippen LogP contribution in [-0.4, -0.2) is 17.6 Å². The number of aliphatic hydroxyl groups excluding tert-OH is 1. The fraction of sp³-hybridized carbons (Fsp3) is 0.125. The number of hydrogen-bond donors (Lipinski definition) is 2. The summed E-state index contributed by atoms with van der Waals surface area (Å²) in [6, 6.07) is 15.3. The van der Waals surface area contributed by atoms with E-state index in [1.807, 2.05) is 6.07 Å². The zero-order chi connectivity index (χ0) is 15.2. The summed E-state index contributed by atoms with van der Waals surface area (Å²) >= 11 is 5.98. The van der Waals surface area contributed by atoms with Crippen molar-refractivity contribution in [3.63, 3.8) is 0 Å². The zero-order valence-corrected chi connectivity index (χ0v) is 11.8. The third kappa shape index (κ3) is 3.82. The van der Waals surface area contributed by atoms with E-state index in [4.69, 9.17) is 16.9 Å². The Balaban J connectivity index is 2.01. The molecule has 2 rings (SSSR count). The molecule has 1 atom stereocenters. The lowest BCUT2D eigenvalue weighted by Gasteiger charge is -2.13. The molecule has 0 heterocycles. The van der Waals surface area contributed by atoms with Crippen molar-refractivity contribution in [2.45, 2.75) is 6.10 Å². The Bertz CT molecular complexity index is 695. The first kappa shape index (κ1) is 15.0. The Labute approximate surface area is 127 Å². The molecule has 0 aliphatic heterocycles. The number of amides is 1. The Kier molecular flexibility index (Phi) is 4.94. The minimum atomic E-state index is -0.887. The summed E-state index contributed by atoms with van der Waals surface area (Å²) in [5.41, 5.74) is 1.35. The van der Waals surface area contributed by atoms with Crippen molar-refractivity contribution >= 4 is 17.5 Å². The molecule has 0 fully saturated rings. The number of hydrogen-bond acceptors (Lipinski definition) is 3. The molecule has 2 aromatic carbocycles. The van der Waals surface area contributed by atoms with Crippen molar-refractivity contribution in [3.8, 4) is 6.07 Å².